The summed E-state index contributed by atoms with van der Waals surface area (Å²) in [7, 11) is 1.78. The molecule has 0 unspecified atom stereocenters. The second-order valence-electron chi connectivity index (χ2n) is 2.73. The van der Waals surface area contributed by atoms with Crippen LogP contribution in [0.2, 0.25) is 0 Å². The van der Waals surface area contributed by atoms with E-state index in [0.29, 0.717) is 5.69 Å². The van der Waals surface area contributed by atoms with Gasteiger partial charge in [-0.1, -0.05) is 0 Å². The van der Waals surface area contributed by atoms with Crippen LogP contribution in [0.15, 0.2) is 18.2 Å². The fourth-order valence-electron chi connectivity index (χ4n) is 1.05. The minimum Gasteiger partial charge on any atom is -0.397 e. The summed E-state index contributed by atoms with van der Waals surface area (Å²) in [6.07, 6.45) is 0. The summed E-state index contributed by atoms with van der Waals surface area (Å²) < 4.78 is 0. The highest BCUT2D eigenvalue weighted by atomic mass is 16.1. The highest BCUT2D eigenvalue weighted by Crippen LogP contribution is 2.22. The minimum absolute atomic E-state index is 0.0909. The highest BCUT2D eigenvalue weighted by molar-refractivity contribution is 5.90. The van der Waals surface area contributed by atoms with Crippen molar-refractivity contribution >= 4 is 23.0 Å². The average molecular weight is 179 g/mol. The van der Waals surface area contributed by atoms with Crippen LogP contribution in [-0.4, -0.2) is 13.0 Å². The van der Waals surface area contributed by atoms with Gasteiger partial charge in [0.15, 0.2) is 0 Å². The first-order valence-corrected chi connectivity index (χ1v) is 3.98. The lowest BCUT2D eigenvalue weighted by molar-refractivity contribution is -0.114. The van der Waals surface area contributed by atoms with E-state index in [1.54, 1.807) is 25.2 Å². The molecule has 0 aliphatic rings. The van der Waals surface area contributed by atoms with Gasteiger partial charge in [-0.3, -0.25) is 4.79 Å². The van der Waals surface area contributed by atoms with Crippen molar-refractivity contribution in [2.45, 2.75) is 6.92 Å². The second kappa shape index (κ2) is 3.80. The maximum Gasteiger partial charge on any atom is 0.221 e. The number of benzene rings is 1. The smallest absolute Gasteiger partial charge is 0.221 e. The van der Waals surface area contributed by atoms with Gasteiger partial charge in [-0.25, -0.2) is 0 Å². The number of nitrogens with two attached hydrogens (primary N) is 1. The Balaban J connectivity index is 2.92. The zero-order chi connectivity index (χ0) is 9.84. The molecule has 0 aromatic heterocycles. The summed E-state index contributed by atoms with van der Waals surface area (Å²) in [5.41, 5.74) is 7.87. The lowest BCUT2D eigenvalue weighted by Gasteiger charge is -2.07. The summed E-state index contributed by atoms with van der Waals surface area (Å²) in [5, 5.41) is 5.60. The van der Waals surface area contributed by atoms with E-state index in [4.69, 9.17) is 5.73 Å². The Hall–Kier alpha value is -1.71. The molecule has 70 valence electrons. The van der Waals surface area contributed by atoms with Gasteiger partial charge in [0.1, 0.15) is 0 Å². The van der Waals surface area contributed by atoms with Crippen LogP contribution in [0.3, 0.4) is 0 Å². The molecule has 0 saturated carbocycles. The largest absolute Gasteiger partial charge is 0.397 e. The van der Waals surface area contributed by atoms with Crippen molar-refractivity contribution in [3.05, 3.63) is 18.2 Å². The second-order valence-corrected chi connectivity index (χ2v) is 2.73. The van der Waals surface area contributed by atoms with Gasteiger partial charge in [0, 0.05) is 19.7 Å². The van der Waals surface area contributed by atoms with Crippen LogP contribution in [0.4, 0.5) is 17.1 Å². The quantitative estimate of drug-likeness (QED) is 0.599. The molecular formula is C9H13N3O. The van der Waals surface area contributed by atoms with Crippen molar-refractivity contribution in [2.75, 3.05) is 23.4 Å². The number of nitrogen functional groups attached to an aromatic ring is 1. The number of anilines is 3. The van der Waals surface area contributed by atoms with Crippen molar-refractivity contribution in [3.8, 4) is 0 Å². The van der Waals surface area contributed by atoms with E-state index in [9.17, 15) is 4.79 Å². The molecule has 0 saturated heterocycles. The molecule has 1 rings (SSSR count). The van der Waals surface area contributed by atoms with E-state index < -0.39 is 0 Å². The third-order valence-electron chi connectivity index (χ3n) is 1.64. The predicted octanol–water partition coefficient (Wildman–Crippen LogP) is 1.27. The first-order valence-electron chi connectivity index (χ1n) is 3.98. The van der Waals surface area contributed by atoms with Crippen LogP contribution in [0, 0.1) is 0 Å². The Bertz CT molecular complexity index is 323. The van der Waals surface area contributed by atoms with Crippen LogP contribution >= 0.6 is 0 Å². The number of carbonyl (C=O) groups is 1. The fraction of sp³-hybridized carbons (Fsp3) is 0.222. The van der Waals surface area contributed by atoms with Crippen LogP contribution in [-0.2, 0) is 4.79 Å². The van der Waals surface area contributed by atoms with Gasteiger partial charge in [-0.15, -0.1) is 0 Å². The Morgan fingerprint density at radius 1 is 1.46 bits per heavy atom. The van der Waals surface area contributed by atoms with Crippen molar-refractivity contribution in [3.63, 3.8) is 0 Å². The van der Waals surface area contributed by atoms with E-state index in [2.05, 4.69) is 10.6 Å². The molecule has 1 amide bonds. The van der Waals surface area contributed by atoms with E-state index in [0.717, 1.165) is 11.4 Å². The van der Waals surface area contributed by atoms with Crippen molar-refractivity contribution < 1.29 is 4.79 Å². The molecule has 0 aliphatic carbocycles. The number of hydrogen-bond donors (Lipinski definition) is 3. The maximum atomic E-state index is 10.7. The summed E-state index contributed by atoms with van der Waals surface area (Å²) >= 11 is 0. The zero-order valence-electron chi connectivity index (χ0n) is 7.72. The van der Waals surface area contributed by atoms with Crippen molar-refractivity contribution in [1.82, 2.24) is 0 Å². The molecule has 0 fully saturated rings. The van der Waals surface area contributed by atoms with E-state index in [1.807, 2.05) is 0 Å². The van der Waals surface area contributed by atoms with Gasteiger partial charge in [0.05, 0.1) is 11.4 Å². The molecule has 1 aromatic rings. The van der Waals surface area contributed by atoms with Gasteiger partial charge in [0.2, 0.25) is 5.91 Å². The zero-order valence-corrected chi connectivity index (χ0v) is 7.72. The Labute approximate surface area is 77.1 Å². The summed E-state index contributed by atoms with van der Waals surface area (Å²) in [6, 6.07) is 5.30. The molecule has 4 nitrogen and oxygen atoms in total. The molecule has 0 aliphatic heterocycles. The number of amides is 1. The number of nitrogens with one attached hydrogen (secondary N) is 2. The monoisotopic (exact) mass is 179 g/mol. The molecule has 4 heteroatoms. The first-order chi connectivity index (χ1) is 6.13. The summed E-state index contributed by atoms with van der Waals surface area (Å²) in [5.74, 6) is -0.0909. The minimum atomic E-state index is -0.0909. The van der Waals surface area contributed by atoms with Crippen LogP contribution in [0.25, 0.3) is 0 Å². The molecule has 4 N–H and O–H groups in total. The highest BCUT2D eigenvalue weighted by Gasteiger charge is 1.99. The van der Waals surface area contributed by atoms with Gasteiger partial charge >= 0.3 is 0 Å². The van der Waals surface area contributed by atoms with E-state index in [-0.39, 0.29) is 5.91 Å². The summed E-state index contributed by atoms with van der Waals surface area (Å²) in [4.78, 5) is 10.7. The Kier molecular flexibility index (Phi) is 2.74. The average Bonchev–Trinajstić information content (AvgIpc) is 2.07. The number of hydrogen-bond acceptors (Lipinski definition) is 3. The fourth-order valence-corrected chi connectivity index (χ4v) is 1.05. The lowest BCUT2D eigenvalue weighted by atomic mass is 10.2. The van der Waals surface area contributed by atoms with Gasteiger partial charge in [-0.05, 0) is 18.2 Å². The number of rotatable bonds is 2. The van der Waals surface area contributed by atoms with Crippen molar-refractivity contribution in [2.24, 2.45) is 0 Å². The third-order valence-corrected chi connectivity index (χ3v) is 1.64. The molecule has 13 heavy (non-hydrogen) atoms. The lowest BCUT2D eigenvalue weighted by Crippen LogP contribution is -2.06. The molecule has 0 bridgehead atoms. The standard InChI is InChI=1S/C9H13N3O/c1-6(13)12-7-3-4-8(10)9(5-7)11-2/h3-5,11H,10H2,1-2H3,(H,12,13). The van der Waals surface area contributed by atoms with Gasteiger partial charge in [-0.2, -0.15) is 0 Å². The normalized spacial score (nSPS) is 9.38. The summed E-state index contributed by atoms with van der Waals surface area (Å²) in [6.45, 7) is 1.47. The molecule has 1 aromatic carbocycles. The molecule has 0 heterocycles. The Morgan fingerprint density at radius 3 is 2.69 bits per heavy atom. The van der Waals surface area contributed by atoms with Crippen LogP contribution in [0.1, 0.15) is 6.92 Å². The molecular weight excluding hydrogens is 166 g/mol. The van der Waals surface area contributed by atoms with Crippen LogP contribution < -0.4 is 16.4 Å². The van der Waals surface area contributed by atoms with Gasteiger partial charge in [0.25, 0.3) is 0 Å². The molecule has 0 spiro atoms. The van der Waals surface area contributed by atoms with Gasteiger partial charge < -0.3 is 16.4 Å². The first kappa shape index (κ1) is 9.38. The topological polar surface area (TPSA) is 67.1 Å². The molecule has 0 radical (unpaired) electrons. The Morgan fingerprint density at radius 2 is 2.15 bits per heavy atom. The SMILES string of the molecule is CNc1cc(NC(C)=O)ccc1N. The third kappa shape index (κ3) is 2.37. The van der Waals surface area contributed by atoms with E-state index >= 15 is 0 Å². The van der Waals surface area contributed by atoms with E-state index in [1.165, 1.54) is 6.92 Å². The van der Waals surface area contributed by atoms with Crippen molar-refractivity contribution in [1.29, 1.82) is 0 Å². The molecule has 0 atom stereocenters. The maximum absolute atomic E-state index is 10.7. The number of carbonyl (C=O) groups excluding carboxylic acids is 1. The predicted molar refractivity (Wildman–Crippen MR) is 54.7 cm³/mol. The van der Waals surface area contributed by atoms with Crippen LogP contribution in [0.5, 0.6) is 0 Å².